The predicted octanol–water partition coefficient (Wildman–Crippen LogP) is -2.51. The number of carbonyl (C=O) groups excluding carboxylic acids is 20. The van der Waals surface area contributed by atoms with Gasteiger partial charge in [0.2, 0.25) is 65.0 Å². The minimum atomic E-state index is -2.54. The van der Waals surface area contributed by atoms with Gasteiger partial charge in [-0.25, -0.2) is 4.79 Å². The molecule has 0 saturated carbocycles. The zero-order valence-electron chi connectivity index (χ0n) is 65.9. The molecule has 638 valence electrons. The second-order valence-corrected chi connectivity index (χ2v) is 27.8. The number of unbranched alkanes of at least 4 members (excludes halogenated alkanes) is 1. The van der Waals surface area contributed by atoms with Crippen LogP contribution in [0, 0.1) is 23.7 Å². The van der Waals surface area contributed by atoms with Gasteiger partial charge in [0.15, 0.2) is 29.2 Å². The number of aromatic nitrogens is 1. The summed E-state index contributed by atoms with van der Waals surface area (Å²) < 4.78 is 5.72. The number of hydrogen-bond donors (Lipinski definition) is 17. The lowest BCUT2D eigenvalue weighted by atomic mass is 9.84. The van der Waals surface area contributed by atoms with E-state index in [-0.39, 0.29) is 43.8 Å². The number of nitrogens with two attached hydrogens (primary N) is 3. The fourth-order valence-electron chi connectivity index (χ4n) is 12.0. The number of aromatic amines is 1. The number of esters is 1. The number of carboxylic acid groups (broad SMARTS) is 2. The Hall–Kier alpha value is -13.3. The van der Waals surface area contributed by atoms with Gasteiger partial charge in [0.25, 0.3) is 0 Å². The third-order valence-corrected chi connectivity index (χ3v) is 18.6. The Morgan fingerprint density at radius 2 is 1.26 bits per heavy atom. The molecule has 2 heterocycles. The van der Waals surface area contributed by atoms with Crippen LogP contribution in [0.25, 0.3) is 16.5 Å². The molecule has 1 fully saturated rings. The van der Waals surface area contributed by atoms with Crippen molar-refractivity contribution in [2.75, 3.05) is 32.0 Å². The molecular formula is C78H100N14O26. The molecule has 1 aromatic heterocycles. The van der Waals surface area contributed by atoms with E-state index in [1.54, 1.807) is 37.4 Å². The van der Waals surface area contributed by atoms with Gasteiger partial charge < -0.3 is 95.4 Å². The van der Waals surface area contributed by atoms with Crippen molar-refractivity contribution in [3.63, 3.8) is 0 Å². The van der Waals surface area contributed by atoms with Crippen LogP contribution in [0.15, 0.2) is 85.1 Å². The number of nitrogen functional groups attached to an aromatic ring is 1. The highest BCUT2D eigenvalue weighted by atomic mass is 16.5. The maximum Gasteiger partial charge on any atom is 0.373 e. The number of carboxylic acids is 2. The van der Waals surface area contributed by atoms with Gasteiger partial charge in [0.05, 0.1) is 44.6 Å². The molecule has 5 rings (SSSR count). The van der Waals surface area contributed by atoms with Crippen molar-refractivity contribution in [1.82, 2.24) is 58.2 Å². The molecule has 0 aliphatic carbocycles. The molecule has 3 aromatic carbocycles. The SMILES string of the molecule is CCCCc1ccc(/C(C)=C/C(=O)N[C@@H](Cc2c[nH]c3ccccc23)C(=O)N[C@H](CC(N)=O)C(=O)C[C@@H](C)C(=O)N[C@@H]2C(=O)NCC(=O)N[C@@H](CCCN)C(=O)N[C@@H](CC(=O)O)C(=O)C[C@H](C)C(=O)N[C@@H](C)C(=O)NCC(=O)N[C@H](CO)C(=O)C[C@@H]([C@H](C)CC(=O)O)C(=O)N[C@@H](C(=O)c3ccccc3N)C(=O)O[C@@H]2C)cc1.O=C=O.O=C=O. The van der Waals surface area contributed by atoms with Crippen molar-refractivity contribution in [3.05, 3.63) is 107 Å². The van der Waals surface area contributed by atoms with Gasteiger partial charge in [-0.15, -0.1) is 0 Å². The summed E-state index contributed by atoms with van der Waals surface area (Å²) in [4.78, 5) is 284. The maximum absolute atomic E-state index is 14.8. The van der Waals surface area contributed by atoms with E-state index in [0.717, 1.165) is 50.3 Å². The lowest BCUT2D eigenvalue weighted by Crippen LogP contribution is -2.58. The van der Waals surface area contributed by atoms with Crippen LogP contribution in [0.2, 0.25) is 0 Å². The van der Waals surface area contributed by atoms with E-state index in [1.165, 1.54) is 45.0 Å². The van der Waals surface area contributed by atoms with E-state index in [9.17, 15) is 102 Å². The van der Waals surface area contributed by atoms with Gasteiger partial charge in [-0.2, -0.15) is 19.2 Å². The van der Waals surface area contributed by atoms with Crippen LogP contribution < -0.4 is 70.4 Å². The van der Waals surface area contributed by atoms with Crippen molar-refractivity contribution < 1.29 is 126 Å². The van der Waals surface area contributed by atoms with Crippen molar-refractivity contribution >= 4 is 140 Å². The molecule has 40 nitrogen and oxygen atoms in total. The van der Waals surface area contributed by atoms with Gasteiger partial charge in [-0.1, -0.05) is 88.7 Å². The van der Waals surface area contributed by atoms with Gasteiger partial charge in [-0.3, -0.25) is 81.5 Å². The number of fused-ring (bicyclic) bond motifs is 1. The van der Waals surface area contributed by atoms with Gasteiger partial charge in [0.1, 0.15) is 36.3 Å². The molecule has 0 radical (unpaired) electrons. The quantitative estimate of drug-likeness (QED) is 0.00918. The van der Waals surface area contributed by atoms with Crippen molar-refractivity contribution in [3.8, 4) is 0 Å². The Balaban J connectivity index is 0.00000581. The van der Waals surface area contributed by atoms with Gasteiger partial charge in [0, 0.05) is 84.3 Å². The average molecular weight is 1650 g/mol. The number of aliphatic hydroxyl groups is 1. The summed E-state index contributed by atoms with van der Waals surface area (Å²) in [5.74, 6) is -27.5. The van der Waals surface area contributed by atoms with Crippen LogP contribution in [-0.2, 0) is 118 Å². The monoisotopic (exact) mass is 1650 g/mol. The van der Waals surface area contributed by atoms with Crippen LogP contribution in [0.4, 0.5) is 5.69 Å². The minimum Gasteiger partial charge on any atom is -0.481 e. The molecule has 118 heavy (non-hydrogen) atoms. The number of benzene rings is 3. The molecule has 20 N–H and O–H groups in total. The summed E-state index contributed by atoms with van der Waals surface area (Å²) in [6.07, 6.45) is -1.60. The summed E-state index contributed by atoms with van der Waals surface area (Å²) in [5, 5.41) is 54.0. The first-order valence-electron chi connectivity index (χ1n) is 37.3. The van der Waals surface area contributed by atoms with Gasteiger partial charge >= 0.3 is 30.2 Å². The van der Waals surface area contributed by atoms with Gasteiger partial charge in [-0.05, 0) is 99.4 Å². The highest BCUT2D eigenvalue weighted by Gasteiger charge is 2.42. The van der Waals surface area contributed by atoms with E-state index in [0.29, 0.717) is 22.0 Å². The Morgan fingerprint density at radius 1 is 0.661 bits per heavy atom. The normalized spacial score (nSPS) is 20.9. The summed E-state index contributed by atoms with van der Waals surface area (Å²) in [6, 6.07) is 4.98. The van der Waals surface area contributed by atoms with E-state index in [4.69, 9.17) is 41.1 Å². The topological polar surface area (TPSA) is 660 Å². The molecule has 13 atom stereocenters. The molecule has 4 aromatic rings. The molecule has 0 bridgehead atoms. The number of Topliss-reactive ketones (excluding diaryl/α,β-unsaturated/α-hetero) is 4. The highest BCUT2D eigenvalue weighted by Crippen LogP contribution is 2.25. The minimum absolute atomic E-state index is 0.00493. The standard InChI is InChI=1S/C76H100N14O22.2CO2/c1-8-9-15-44-21-23-45(24-22-44)38(2)28-61(96)85-55(30-46-34-80-51-19-13-11-16-47(46)51)74(109)87-53(32-60(79)95)57(92)27-41(5)70(105)89-66-43(7)112-76(111)67(68(103)48-17-10-12-18-50(48)78)90-72(107)49(39(3)29-64(99)100)31-59(94)56(37-91)86-63(98)35-81-71(106)42(6)83-69(104)40(4)26-58(93)54(33-65(101)102)88-73(108)52(20-14-25-77)84-62(97)36-82-75(66)110;2*2-1-3/h10-13,16-19,21-24,28,34,39-43,49,52-56,66-67,80,91H,8-9,14-15,20,25-27,29-33,35-37,77-78H2,1-7H3,(H2,79,95)(H,81,106)(H,82,110)(H,83,104)(H,84,97)(H,85,96)(H,86,98)(H,87,109)(H,88,108)(H,89,105)(H,90,107)(H,99,100)(H,101,102);;/b38-28+;;/t39-,40+,41-,42+,43-,49+,52+,53-,54+,55+,56-,66+,67+;;/m1../s1. The number of aliphatic carboxylic acids is 2. The third kappa shape index (κ3) is 32.9. The number of nitrogens with one attached hydrogen (secondary N) is 11. The summed E-state index contributed by atoms with van der Waals surface area (Å²) in [5.41, 5.74) is 20.5. The molecule has 11 amide bonds. The molecule has 40 heteroatoms. The number of carbonyl (C=O) groups is 18. The number of cyclic esters (lactones) is 1. The van der Waals surface area contributed by atoms with E-state index in [1.807, 2.05) is 24.3 Å². The summed E-state index contributed by atoms with van der Waals surface area (Å²) in [7, 11) is 0. The smallest absolute Gasteiger partial charge is 0.373 e. The number of H-pyrrole nitrogens is 1. The largest absolute Gasteiger partial charge is 0.481 e. The van der Waals surface area contributed by atoms with Crippen LogP contribution >= 0.6 is 0 Å². The van der Waals surface area contributed by atoms with Crippen LogP contribution in [-0.4, -0.2) is 219 Å². The lowest BCUT2D eigenvalue weighted by Gasteiger charge is -2.29. The van der Waals surface area contributed by atoms with E-state index >= 15 is 0 Å². The second kappa shape index (κ2) is 50.1. The number of ether oxygens (including phenoxy) is 1. The molecule has 1 saturated heterocycles. The zero-order valence-corrected chi connectivity index (χ0v) is 65.9. The van der Waals surface area contributed by atoms with Crippen molar-refractivity contribution in [2.24, 2.45) is 35.1 Å². The average Bonchev–Trinajstić information content (AvgIpc) is 1.14. The fraction of sp³-hybridized carbons (Fsp3) is 0.462. The number of anilines is 1. The number of ketones is 4. The first-order valence-corrected chi connectivity index (χ1v) is 37.3. The number of hydrogen-bond acceptors (Lipinski definition) is 26. The summed E-state index contributed by atoms with van der Waals surface area (Å²) in [6.45, 7) is 6.28. The number of para-hydroxylation sites is 2. The Morgan fingerprint density at radius 3 is 1.86 bits per heavy atom. The predicted molar refractivity (Wildman–Crippen MR) is 412 cm³/mol. The second-order valence-electron chi connectivity index (χ2n) is 27.8. The third-order valence-electron chi connectivity index (χ3n) is 18.6. The van der Waals surface area contributed by atoms with Crippen molar-refractivity contribution in [2.45, 2.75) is 180 Å². The van der Waals surface area contributed by atoms with E-state index in [2.05, 4.69) is 65.1 Å². The number of allylic oxidation sites excluding steroid dienone is 1. The zero-order chi connectivity index (χ0) is 88.6. The first kappa shape index (κ1) is 98.9. The Bertz CT molecular complexity index is 4380. The number of aryl methyl sites for hydroxylation is 1. The number of rotatable bonds is 28. The van der Waals surface area contributed by atoms with Crippen molar-refractivity contribution in [1.29, 1.82) is 0 Å². The van der Waals surface area contributed by atoms with Crippen LogP contribution in [0.1, 0.15) is 140 Å². The molecule has 1 aliphatic rings. The molecule has 1 aliphatic heterocycles. The Labute approximate surface area is 675 Å². The number of aliphatic hydroxyl groups excluding tert-OH is 1. The number of primary amides is 1. The van der Waals surface area contributed by atoms with E-state index < -0.39 is 248 Å². The number of amides is 11. The first-order chi connectivity index (χ1) is 55.8. The fourth-order valence-corrected chi connectivity index (χ4v) is 12.0. The molecular weight excluding hydrogens is 1550 g/mol. The molecule has 0 spiro atoms. The van der Waals surface area contributed by atoms with Crippen LogP contribution in [0.3, 0.4) is 0 Å². The maximum atomic E-state index is 14.8. The highest BCUT2D eigenvalue weighted by molar-refractivity contribution is 6.16. The van der Waals surface area contributed by atoms with Crippen LogP contribution in [0.5, 0.6) is 0 Å². The lowest BCUT2D eigenvalue weighted by molar-refractivity contribution is -0.193. The summed E-state index contributed by atoms with van der Waals surface area (Å²) >= 11 is 0. The Kier molecular flexibility index (Phi) is 42.0. The molecule has 0 unspecified atom stereocenters.